The Hall–Kier alpha value is -1.98. The number of primary amides is 1. The lowest BCUT2D eigenvalue weighted by Gasteiger charge is -2.25. The molecule has 0 aliphatic carbocycles. The standard InChI is InChI=1S/C12H18FN3O2/c1-4-18-10-6-9(8(14)5-7(10)13)16-12(2,3)11(15)17/h5-6,16H,4,14H2,1-3H3,(H2,15,17). The summed E-state index contributed by atoms with van der Waals surface area (Å²) in [6, 6.07) is 2.56. The molecule has 0 heterocycles. The molecule has 0 fully saturated rings. The van der Waals surface area contributed by atoms with Crippen molar-refractivity contribution >= 4 is 17.3 Å². The number of rotatable bonds is 5. The number of ether oxygens (including phenoxy) is 1. The first-order chi connectivity index (χ1) is 8.27. The van der Waals surface area contributed by atoms with Crippen LogP contribution >= 0.6 is 0 Å². The molecule has 0 saturated heterocycles. The van der Waals surface area contributed by atoms with Crippen molar-refractivity contribution in [2.24, 2.45) is 5.73 Å². The molecule has 100 valence electrons. The second-order valence-corrected chi connectivity index (χ2v) is 4.42. The quantitative estimate of drug-likeness (QED) is 0.695. The summed E-state index contributed by atoms with van der Waals surface area (Å²) in [7, 11) is 0. The second-order valence-electron chi connectivity index (χ2n) is 4.42. The van der Waals surface area contributed by atoms with E-state index in [1.54, 1.807) is 20.8 Å². The largest absolute Gasteiger partial charge is 0.491 e. The summed E-state index contributed by atoms with van der Waals surface area (Å²) in [6.45, 7) is 5.30. The van der Waals surface area contributed by atoms with Gasteiger partial charge in [-0.1, -0.05) is 0 Å². The van der Waals surface area contributed by atoms with Crippen LogP contribution in [0.5, 0.6) is 5.75 Å². The van der Waals surface area contributed by atoms with E-state index in [1.807, 2.05) is 0 Å². The molecule has 0 aliphatic rings. The lowest BCUT2D eigenvalue weighted by atomic mass is 10.0. The van der Waals surface area contributed by atoms with Gasteiger partial charge in [0.15, 0.2) is 11.6 Å². The molecule has 0 saturated carbocycles. The van der Waals surface area contributed by atoms with Gasteiger partial charge in [-0.15, -0.1) is 0 Å². The molecule has 6 heteroatoms. The number of nitrogens with one attached hydrogen (secondary N) is 1. The first-order valence-electron chi connectivity index (χ1n) is 5.58. The number of amides is 1. The number of halogens is 1. The van der Waals surface area contributed by atoms with Gasteiger partial charge < -0.3 is 21.5 Å². The molecule has 0 atom stereocenters. The van der Waals surface area contributed by atoms with Crippen LogP contribution < -0.4 is 21.5 Å². The third-order valence-electron chi connectivity index (χ3n) is 2.47. The fourth-order valence-electron chi connectivity index (χ4n) is 1.34. The summed E-state index contributed by atoms with van der Waals surface area (Å²) in [6.07, 6.45) is 0. The molecule has 0 aliphatic heterocycles. The van der Waals surface area contributed by atoms with Crippen LogP contribution in [0.4, 0.5) is 15.8 Å². The Morgan fingerprint density at radius 1 is 1.50 bits per heavy atom. The first kappa shape index (κ1) is 14.1. The number of carbonyl (C=O) groups is 1. The number of carbonyl (C=O) groups excluding carboxylic acids is 1. The van der Waals surface area contributed by atoms with E-state index in [-0.39, 0.29) is 11.4 Å². The minimum Gasteiger partial charge on any atom is -0.491 e. The number of nitrogens with two attached hydrogens (primary N) is 2. The maximum atomic E-state index is 13.5. The number of anilines is 2. The molecular formula is C12H18FN3O2. The molecule has 18 heavy (non-hydrogen) atoms. The fourth-order valence-corrected chi connectivity index (χ4v) is 1.34. The van der Waals surface area contributed by atoms with E-state index in [0.717, 1.165) is 6.07 Å². The van der Waals surface area contributed by atoms with E-state index in [4.69, 9.17) is 16.2 Å². The van der Waals surface area contributed by atoms with E-state index >= 15 is 0 Å². The monoisotopic (exact) mass is 255 g/mol. The van der Waals surface area contributed by atoms with Gasteiger partial charge in [0.05, 0.1) is 18.0 Å². The summed E-state index contributed by atoms with van der Waals surface area (Å²) in [5.74, 6) is -1.00. The predicted octanol–water partition coefficient (Wildman–Crippen LogP) is 1.48. The van der Waals surface area contributed by atoms with E-state index in [1.165, 1.54) is 6.07 Å². The van der Waals surface area contributed by atoms with Gasteiger partial charge in [-0.2, -0.15) is 0 Å². The second kappa shape index (κ2) is 5.12. The van der Waals surface area contributed by atoms with Crippen LogP contribution in [0.3, 0.4) is 0 Å². The van der Waals surface area contributed by atoms with E-state index < -0.39 is 17.3 Å². The lowest BCUT2D eigenvalue weighted by Crippen LogP contribution is -2.45. The molecular weight excluding hydrogens is 237 g/mol. The van der Waals surface area contributed by atoms with E-state index in [2.05, 4.69) is 5.32 Å². The predicted molar refractivity (Wildman–Crippen MR) is 68.9 cm³/mol. The molecule has 1 amide bonds. The van der Waals surface area contributed by atoms with Crippen molar-refractivity contribution in [3.63, 3.8) is 0 Å². The van der Waals surface area contributed by atoms with Crippen molar-refractivity contribution < 1.29 is 13.9 Å². The van der Waals surface area contributed by atoms with Crippen LogP contribution in [0.15, 0.2) is 12.1 Å². The minimum atomic E-state index is -0.991. The smallest absolute Gasteiger partial charge is 0.242 e. The summed E-state index contributed by atoms with van der Waals surface area (Å²) < 4.78 is 18.6. The molecule has 0 spiro atoms. The van der Waals surface area contributed by atoms with Gasteiger partial charge in [0.1, 0.15) is 5.54 Å². The van der Waals surface area contributed by atoms with Crippen LogP contribution in [0.25, 0.3) is 0 Å². The summed E-state index contributed by atoms with van der Waals surface area (Å²) in [5.41, 5.74) is 10.5. The zero-order chi connectivity index (χ0) is 13.9. The zero-order valence-corrected chi connectivity index (χ0v) is 10.7. The van der Waals surface area contributed by atoms with Gasteiger partial charge in [-0.05, 0) is 20.8 Å². The van der Waals surface area contributed by atoms with Gasteiger partial charge in [0, 0.05) is 12.1 Å². The van der Waals surface area contributed by atoms with Crippen LogP contribution in [0.1, 0.15) is 20.8 Å². The highest BCUT2D eigenvalue weighted by atomic mass is 19.1. The third kappa shape index (κ3) is 3.03. The topological polar surface area (TPSA) is 90.4 Å². The van der Waals surface area contributed by atoms with Crippen molar-refractivity contribution in [2.75, 3.05) is 17.7 Å². The highest BCUT2D eigenvalue weighted by Gasteiger charge is 2.25. The van der Waals surface area contributed by atoms with Gasteiger partial charge in [-0.3, -0.25) is 4.79 Å². The normalized spacial score (nSPS) is 11.1. The maximum Gasteiger partial charge on any atom is 0.242 e. The molecule has 0 aromatic heterocycles. The number of nitrogen functional groups attached to an aromatic ring is 1. The van der Waals surface area contributed by atoms with Crippen molar-refractivity contribution in [1.82, 2.24) is 0 Å². The number of hydrogen-bond donors (Lipinski definition) is 3. The van der Waals surface area contributed by atoms with E-state index in [9.17, 15) is 9.18 Å². The minimum absolute atomic E-state index is 0.0782. The SMILES string of the molecule is CCOc1cc(NC(C)(C)C(N)=O)c(N)cc1F. The van der Waals surface area contributed by atoms with Crippen molar-refractivity contribution in [1.29, 1.82) is 0 Å². The van der Waals surface area contributed by atoms with Gasteiger partial charge in [-0.25, -0.2) is 4.39 Å². The van der Waals surface area contributed by atoms with Crippen LogP contribution in [0.2, 0.25) is 0 Å². The zero-order valence-electron chi connectivity index (χ0n) is 10.7. The first-order valence-corrected chi connectivity index (χ1v) is 5.58. The Balaban J connectivity index is 3.09. The Kier molecular flexibility index (Phi) is 4.00. The Morgan fingerprint density at radius 3 is 2.61 bits per heavy atom. The summed E-state index contributed by atoms with van der Waals surface area (Å²) in [5, 5.41) is 2.87. The van der Waals surface area contributed by atoms with Gasteiger partial charge >= 0.3 is 0 Å². The molecule has 5 N–H and O–H groups in total. The lowest BCUT2D eigenvalue weighted by molar-refractivity contribution is -0.121. The van der Waals surface area contributed by atoms with Crippen molar-refractivity contribution in [2.45, 2.75) is 26.3 Å². The van der Waals surface area contributed by atoms with Crippen LogP contribution in [-0.4, -0.2) is 18.1 Å². The molecule has 1 rings (SSSR count). The Morgan fingerprint density at radius 2 is 2.11 bits per heavy atom. The van der Waals surface area contributed by atoms with Crippen molar-refractivity contribution in [3.8, 4) is 5.75 Å². The number of hydrogen-bond acceptors (Lipinski definition) is 4. The average molecular weight is 255 g/mol. The van der Waals surface area contributed by atoms with Crippen molar-refractivity contribution in [3.05, 3.63) is 17.9 Å². The number of benzene rings is 1. The molecule has 0 unspecified atom stereocenters. The summed E-state index contributed by atoms with van der Waals surface area (Å²) >= 11 is 0. The Bertz CT molecular complexity index is 461. The van der Waals surface area contributed by atoms with Crippen LogP contribution in [0, 0.1) is 5.82 Å². The highest BCUT2D eigenvalue weighted by Crippen LogP contribution is 2.30. The highest BCUT2D eigenvalue weighted by molar-refractivity contribution is 5.88. The fraction of sp³-hybridized carbons (Fsp3) is 0.417. The Labute approximate surface area is 105 Å². The van der Waals surface area contributed by atoms with Gasteiger partial charge in [0.2, 0.25) is 5.91 Å². The average Bonchev–Trinajstić information content (AvgIpc) is 2.24. The maximum absolute atomic E-state index is 13.5. The van der Waals surface area contributed by atoms with Gasteiger partial charge in [0.25, 0.3) is 0 Å². The molecule has 1 aromatic carbocycles. The molecule has 1 aromatic rings. The molecule has 0 radical (unpaired) electrons. The summed E-state index contributed by atoms with van der Waals surface area (Å²) in [4.78, 5) is 11.2. The third-order valence-corrected chi connectivity index (χ3v) is 2.47. The molecule has 5 nitrogen and oxygen atoms in total. The van der Waals surface area contributed by atoms with E-state index in [0.29, 0.717) is 12.3 Å². The van der Waals surface area contributed by atoms with Crippen LogP contribution in [-0.2, 0) is 4.79 Å². The molecule has 0 bridgehead atoms.